The zero-order valence-electron chi connectivity index (χ0n) is 10.3. The first-order chi connectivity index (χ1) is 8.56. The first-order valence-electron chi connectivity index (χ1n) is 5.76. The Morgan fingerprint density at radius 1 is 1.22 bits per heavy atom. The molecule has 0 saturated heterocycles. The van der Waals surface area contributed by atoms with Crippen molar-refractivity contribution in [3.63, 3.8) is 0 Å². The zero-order valence-corrected chi connectivity index (χ0v) is 11.8. The summed E-state index contributed by atoms with van der Waals surface area (Å²) in [5, 5.41) is 10.3. The molecule has 1 heterocycles. The molecule has 0 aliphatic heterocycles. The molecule has 0 radical (unpaired) electrons. The maximum Gasteiger partial charge on any atom is 0.120 e. The molecular weight excluding hydrogens is 268 g/mol. The highest BCUT2D eigenvalue weighted by molar-refractivity contribution is 7.16. The molecule has 0 fully saturated rings. The highest BCUT2D eigenvalue weighted by Gasteiger charge is 2.13. The number of ether oxygens (including phenoxy) is 1. The van der Waals surface area contributed by atoms with Gasteiger partial charge in [-0.25, -0.2) is 0 Å². The zero-order chi connectivity index (χ0) is 13.1. The van der Waals surface area contributed by atoms with Crippen molar-refractivity contribution in [2.45, 2.75) is 26.1 Å². The molecule has 1 unspecified atom stereocenters. The molecule has 0 amide bonds. The van der Waals surface area contributed by atoms with Gasteiger partial charge in [0.25, 0.3) is 0 Å². The first-order valence-corrected chi connectivity index (χ1v) is 6.95. The molecule has 96 valence electrons. The van der Waals surface area contributed by atoms with Crippen molar-refractivity contribution in [3.8, 4) is 5.75 Å². The fourth-order valence-electron chi connectivity index (χ4n) is 1.67. The quantitative estimate of drug-likeness (QED) is 0.907. The number of benzene rings is 1. The van der Waals surface area contributed by atoms with Gasteiger partial charge in [-0.05, 0) is 43.7 Å². The number of aliphatic hydroxyl groups excluding tert-OH is 1. The van der Waals surface area contributed by atoms with E-state index in [0.29, 0.717) is 4.34 Å². The van der Waals surface area contributed by atoms with Crippen LogP contribution in [0.15, 0.2) is 36.4 Å². The predicted molar refractivity (Wildman–Crippen MR) is 75.6 cm³/mol. The van der Waals surface area contributed by atoms with Crippen LogP contribution in [0.1, 0.15) is 30.4 Å². The van der Waals surface area contributed by atoms with Gasteiger partial charge in [-0.2, -0.15) is 0 Å². The Labute approximate surface area is 116 Å². The van der Waals surface area contributed by atoms with Gasteiger partial charge >= 0.3 is 0 Å². The van der Waals surface area contributed by atoms with Gasteiger partial charge in [0.2, 0.25) is 0 Å². The maximum absolute atomic E-state index is 10.3. The molecule has 1 atom stereocenters. The van der Waals surface area contributed by atoms with Crippen molar-refractivity contribution in [2.75, 3.05) is 0 Å². The summed E-state index contributed by atoms with van der Waals surface area (Å²) in [5.41, 5.74) is 0.812. The van der Waals surface area contributed by atoms with Gasteiger partial charge in [-0.15, -0.1) is 11.3 Å². The van der Waals surface area contributed by atoms with Crippen LogP contribution in [-0.2, 0) is 0 Å². The second-order valence-electron chi connectivity index (χ2n) is 4.28. The summed E-state index contributed by atoms with van der Waals surface area (Å²) in [6.07, 6.45) is -0.535. The normalized spacial score (nSPS) is 12.7. The van der Waals surface area contributed by atoms with E-state index in [1.165, 1.54) is 11.3 Å². The monoisotopic (exact) mass is 282 g/mol. The van der Waals surface area contributed by atoms with Gasteiger partial charge in [0.15, 0.2) is 0 Å². The van der Waals surface area contributed by atoms with Gasteiger partial charge < -0.3 is 9.84 Å². The molecule has 0 bridgehead atoms. The first kappa shape index (κ1) is 13.4. The third-order valence-corrected chi connectivity index (χ3v) is 3.69. The number of halogens is 1. The fraction of sp³-hybridized carbons (Fsp3) is 0.286. The molecule has 1 aromatic heterocycles. The number of thiophene rings is 1. The van der Waals surface area contributed by atoms with Crippen molar-refractivity contribution in [2.24, 2.45) is 0 Å². The Hall–Kier alpha value is -1.03. The van der Waals surface area contributed by atoms with E-state index >= 15 is 0 Å². The van der Waals surface area contributed by atoms with E-state index in [9.17, 15) is 5.11 Å². The third-order valence-electron chi connectivity index (χ3n) is 2.41. The van der Waals surface area contributed by atoms with Crippen LogP contribution < -0.4 is 4.74 Å². The number of hydrogen-bond donors (Lipinski definition) is 1. The van der Waals surface area contributed by atoms with E-state index in [-0.39, 0.29) is 6.10 Å². The molecule has 2 aromatic rings. The Morgan fingerprint density at radius 3 is 2.61 bits per heavy atom. The highest BCUT2D eigenvalue weighted by Crippen LogP contribution is 2.32. The van der Waals surface area contributed by atoms with Gasteiger partial charge in [0.05, 0.1) is 10.4 Å². The number of rotatable bonds is 4. The summed E-state index contributed by atoms with van der Waals surface area (Å²) in [6, 6.07) is 11.1. The van der Waals surface area contributed by atoms with E-state index in [1.807, 2.05) is 44.2 Å². The van der Waals surface area contributed by atoms with Crippen LogP contribution >= 0.6 is 22.9 Å². The van der Waals surface area contributed by atoms with Crippen LogP contribution in [0.2, 0.25) is 4.34 Å². The summed E-state index contributed by atoms with van der Waals surface area (Å²) in [6.45, 7) is 3.95. The average Bonchev–Trinajstić information content (AvgIpc) is 2.74. The van der Waals surface area contributed by atoms with E-state index in [0.717, 1.165) is 16.2 Å². The average molecular weight is 283 g/mol. The summed E-state index contributed by atoms with van der Waals surface area (Å²) >= 11 is 7.26. The summed E-state index contributed by atoms with van der Waals surface area (Å²) in [7, 11) is 0. The van der Waals surface area contributed by atoms with Gasteiger partial charge in [-0.3, -0.25) is 0 Å². The van der Waals surface area contributed by atoms with Crippen LogP contribution in [0.25, 0.3) is 0 Å². The second-order valence-corrected chi connectivity index (χ2v) is 6.03. The van der Waals surface area contributed by atoms with E-state index in [1.54, 1.807) is 6.07 Å². The molecule has 0 spiro atoms. The second kappa shape index (κ2) is 5.74. The van der Waals surface area contributed by atoms with E-state index in [2.05, 4.69) is 0 Å². The lowest BCUT2D eigenvalue weighted by Gasteiger charge is -2.13. The maximum atomic E-state index is 10.3. The van der Waals surface area contributed by atoms with Gasteiger partial charge in [0.1, 0.15) is 11.9 Å². The van der Waals surface area contributed by atoms with Crippen LogP contribution in [0.5, 0.6) is 5.75 Å². The molecule has 4 heteroatoms. The molecule has 1 aromatic carbocycles. The molecule has 1 N–H and O–H groups in total. The lowest BCUT2D eigenvalue weighted by molar-refractivity contribution is 0.220. The van der Waals surface area contributed by atoms with Gasteiger partial charge in [-0.1, -0.05) is 23.7 Å². The number of aliphatic hydroxyl groups is 1. The van der Waals surface area contributed by atoms with Crippen LogP contribution in [0.3, 0.4) is 0 Å². The Morgan fingerprint density at radius 2 is 2.00 bits per heavy atom. The molecule has 2 nitrogen and oxygen atoms in total. The summed E-state index contributed by atoms with van der Waals surface area (Å²) in [4.78, 5) is 0.835. The lowest BCUT2D eigenvalue weighted by Crippen LogP contribution is -2.06. The van der Waals surface area contributed by atoms with Crippen molar-refractivity contribution in [1.82, 2.24) is 0 Å². The minimum Gasteiger partial charge on any atom is -0.491 e. The molecule has 0 saturated carbocycles. The Kier molecular flexibility index (Phi) is 4.27. The third kappa shape index (κ3) is 3.25. The molecule has 0 aliphatic carbocycles. The fourth-order valence-corrected chi connectivity index (χ4v) is 2.74. The van der Waals surface area contributed by atoms with Crippen molar-refractivity contribution < 1.29 is 9.84 Å². The topological polar surface area (TPSA) is 29.5 Å². The smallest absolute Gasteiger partial charge is 0.120 e. The highest BCUT2D eigenvalue weighted by atomic mass is 35.5. The largest absolute Gasteiger partial charge is 0.491 e. The Bertz CT molecular complexity index is 522. The standard InChI is InChI=1S/C14H15ClO2S/c1-9(2)17-11-5-3-4-10(8-11)14(16)12-6-7-13(15)18-12/h3-9,14,16H,1-2H3. The molecule has 2 rings (SSSR count). The van der Waals surface area contributed by atoms with Gasteiger partial charge in [0, 0.05) is 4.88 Å². The summed E-state index contributed by atoms with van der Waals surface area (Å²) < 4.78 is 6.29. The van der Waals surface area contributed by atoms with E-state index < -0.39 is 6.10 Å². The minimum absolute atomic E-state index is 0.119. The van der Waals surface area contributed by atoms with Crippen LogP contribution in [0, 0.1) is 0 Å². The minimum atomic E-state index is -0.654. The SMILES string of the molecule is CC(C)Oc1cccc(C(O)c2ccc(Cl)s2)c1. The molecule has 18 heavy (non-hydrogen) atoms. The van der Waals surface area contributed by atoms with Crippen molar-refractivity contribution >= 4 is 22.9 Å². The van der Waals surface area contributed by atoms with Crippen LogP contribution in [-0.4, -0.2) is 11.2 Å². The molecule has 0 aliphatic rings. The van der Waals surface area contributed by atoms with Crippen LogP contribution in [0.4, 0.5) is 0 Å². The summed E-state index contributed by atoms with van der Waals surface area (Å²) in [5.74, 6) is 0.768. The number of hydrogen-bond acceptors (Lipinski definition) is 3. The van der Waals surface area contributed by atoms with E-state index in [4.69, 9.17) is 16.3 Å². The Balaban J connectivity index is 2.22. The lowest BCUT2D eigenvalue weighted by atomic mass is 10.1. The molecular formula is C14H15ClO2S. The predicted octanol–water partition coefficient (Wildman–Crippen LogP) is 4.27. The van der Waals surface area contributed by atoms with Crippen molar-refractivity contribution in [3.05, 3.63) is 51.2 Å². The van der Waals surface area contributed by atoms with Crippen molar-refractivity contribution in [1.29, 1.82) is 0 Å².